The van der Waals surface area contributed by atoms with E-state index in [1.54, 1.807) is 0 Å². The number of hydrogen-bond donors (Lipinski definition) is 0. The van der Waals surface area contributed by atoms with Crippen molar-refractivity contribution in [2.24, 2.45) is 0 Å². The van der Waals surface area contributed by atoms with Crippen molar-refractivity contribution in [3.05, 3.63) is 32.3 Å². The van der Waals surface area contributed by atoms with Crippen LogP contribution in [0.2, 0.25) is 10.0 Å². The molecule has 1 aromatic carbocycles. The highest BCUT2D eigenvalue weighted by Crippen LogP contribution is 2.39. The molecule has 1 aromatic rings. The number of rotatable bonds is 2. The number of sulfone groups is 1. The summed E-state index contributed by atoms with van der Waals surface area (Å²) >= 11 is 10.7. The summed E-state index contributed by atoms with van der Waals surface area (Å²) in [4.78, 5) is 7.69. The number of nitro benzene ring substituents is 1. The second-order valence-corrected chi connectivity index (χ2v) is 5.66. The molecule has 0 fully saturated rings. The normalized spacial score (nSPS) is 12.5. The third-order valence-corrected chi connectivity index (χ3v) is 4.03. The van der Waals surface area contributed by atoms with Crippen molar-refractivity contribution in [1.82, 2.24) is 0 Å². The van der Waals surface area contributed by atoms with Gasteiger partial charge in [-0.1, -0.05) is 23.2 Å². The van der Waals surface area contributed by atoms with Crippen molar-refractivity contribution >= 4 is 38.7 Å². The van der Waals surface area contributed by atoms with Gasteiger partial charge in [0, 0.05) is 6.07 Å². The fraction of sp³-hybridized carbons (Fsp3) is 0.143. The molecular formula is C7H2Cl2F3NO4S. The highest BCUT2D eigenvalue weighted by atomic mass is 35.5. The van der Waals surface area contributed by atoms with Gasteiger partial charge in [0.15, 0.2) is 4.90 Å². The average Bonchev–Trinajstić information content (AvgIpc) is 2.19. The van der Waals surface area contributed by atoms with Crippen LogP contribution in [0.4, 0.5) is 18.9 Å². The van der Waals surface area contributed by atoms with Crippen LogP contribution in [0.15, 0.2) is 17.0 Å². The minimum Gasteiger partial charge on any atom is -0.258 e. The maximum atomic E-state index is 12.3. The molecule has 0 aromatic heterocycles. The highest BCUT2D eigenvalue weighted by molar-refractivity contribution is 7.92. The Hall–Kier alpha value is -1.06. The molecule has 0 amide bonds. The molecule has 0 radical (unpaired) electrons. The molecule has 0 aliphatic rings. The van der Waals surface area contributed by atoms with Gasteiger partial charge in [-0.2, -0.15) is 13.2 Å². The summed E-state index contributed by atoms with van der Waals surface area (Å²) in [7, 11) is -5.88. The van der Waals surface area contributed by atoms with Gasteiger partial charge in [-0.3, -0.25) is 10.1 Å². The van der Waals surface area contributed by atoms with Gasteiger partial charge in [0.05, 0.1) is 15.0 Å². The lowest BCUT2D eigenvalue weighted by molar-refractivity contribution is -0.387. The van der Waals surface area contributed by atoms with Gasteiger partial charge < -0.3 is 0 Å². The first-order chi connectivity index (χ1) is 7.98. The Bertz CT molecular complexity index is 614. The zero-order valence-electron chi connectivity index (χ0n) is 8.03. The molecule has 0 heterocycles. The Morgan fingerprint density at radius 3 is 2.00 bits per heavy atom. The molecular weight excluding hydrogens is 322 g/mol. The van der Waals surface area contributed by atoms with Gasteiger partial charge in [0.1, 0.15) is 0 Å². The van der Waals surface area contributed by atoms with E-state index in [0.29, 0.717) is 12.1 Å². The first-order valence-electron chi connectivity index (χ1n) is 3.93. The van der Waals surface area contributed by atoms with E-state index in [2.05, 4.69) is 0 Å². The summed E-state index contributed by atoms with van der Waals surface area (Å²) in [6.45, 7) is 0. The highest BCUT2D eigenvalue weighted by Gasteiger charge is 2.50. The smallest absolute Gasteiger partial charge is 0.258 e. The van der Waals surface area contributed by atoms with Crippen molar-refractivity contribution < 1.29 is 26.5 Å². The molecule has 0 saturated carbocycles. The predicted molar refractivity (Wildman–Crippen MR) is 56.4 cm³/mol. The molecule has 5 nitrogen and oxygen atoms in total. The standard InChI is InChI=1S/C7H2Cl2F3NO4S/c8-3-1-5(13(14)15)6(2-4(3)9)18(16,17)7(10,11)12/h1-2H. The Labute approximate surface area is 108 Å². The van der Waals surface area contributed by atoms with E-state index in [1.165, 1.54) is 0 Å². The van der Waals surface area contributed by atoms with Crippen LogP contribution in [-0.4, -0.2) is 18.8 Å². The Morgan fingerprint density at radius 2 is 1.61 bits per heavy atom. The molecule has 0 saturated heterocycles. The van der Waals surface area contributed by atoms with Crippen LogP contribution in [0.25, 0.3) is 0 Å². The third-order valence-electron chi connectivity index (χ3n) is 1.79. The first kappa shape index (κ1) is 15.0. The molecule has 0 atom stereocenters. The Kier molecular flexibility index (Phi) is 3.80. The van der Waals surface area contributed by atoms with E-state index in [9.17, 15) is 31.7 Å². The zero-order valence-corrected chi connectivity index (χ0v) is 10.4. The Morgan fingerprint density at radius 1 is 1.17 bits per heavy atom. The fourth-order valence-electron chi connectivity index (χ4n) is 1.00. The van der Waals surface area contributed by atoms with Crippen LogP contribution in [0.5, 0.6) is 0 Å². The van der Waals surface area contributed by atoms with Crippen molar-refractivity contribution in [2.75, 3.05) is 0 Å². The molecule has 100 valence electrons. The van der Waals surface area contributed by atoms with Crippen LogP contribution in [0.3, 0.4) is 0 Å². The van der Waals surface area contributed by atoms with Gasteiger partial charge >= 0.3 is 5.51 Å². The molecule has 1 rings (SSSR count). The summed E-state index contributed by atoms with van der Waals surface area (Å²) in [5, 5.41) is 9.57. The minimum atomic E-state index is -5.88. The summed E-state index contributed by atoms with van der Waals surface area (Å²) in [6.07, 6.45) is 0. The molecule has 0 unspecified atom stereocenters. The lowest BCUT2D eigenvalue weighted by atomic mass is 10.3. The van der Waals surface area contributed by atoms with Crippen LogP contribution < -0.4 is 0 Å². The number of benzene rings is 1. The van der Waals surface area contributed by atoms with Gasteiger partial charge in [-0.15, -0.1) is 0 Å². The minimum absolute atomic E-state index is 0.296. The van der Waals surface area contributed by atoms with Gasteiger partial charge in [0.25, 0.3) is 15.5 Å². The van der Waals surface area contributed by atoms with Crippen molar-refractivity contribution in [2.45, 2.75) is 10.4 Å². The predicted octanol–water partition coefficient (Wildman–Crippen LogP) is 3.20. The van der Waals surface area contributed by atoms with E-state index < -0.39 is 40.9 Å². The quantitative estimate of drug-likeness (QED) is 0.618. The molecule has 0 spiro atoms. The van der Waals surface area contributed by atoms with Crippen molar-refractivity contribution in [3.63, 3.8) is 0 Å². The maximum Gasteiger partial charge on any atom is 0.502 e. The SMILES string of the molecule is O=[N+]([O-])c1cc(Cl)c(Cl)cc1S(=O)(=O)C(F)(F)F. The summed E-state index contributed by atoms with van der Waals surface area (Å²) in [5.41, 5.74) is -6.96. The lowest BCUT2D eigenvalue weighted by Crippen LogP contribution is -2.24. The molecule has 0 aliphatic carbocycles. The van der Waals surface area contributed by atoms with Crippen LogP contribution >= 0.6 is 23.2 Å². The summed E-state index contributed by atoms with van der Waals surface area (Å²) in [5.74, 6) is 0. The number of hydrogen-bond acceptors (Lipinski definition) is 4. The molecule has 0 aliphatic heterocycles. The zero-order chi connectivity index (χ0) is 14.3. The van der Waals surface area contributed by atoms with Gasteiger partial charge in [-0.05, 0) is 6.07 Å². The number of nitro groups is 1. The van der Waals surface area contributed by atoms with Gasteiger partial charge in [-0.25, -0.2) is 8.42 Å². The molecule has 0 bridgehead atoms. The van der Waals surface area contributed by atoms with E-state index in [-0.39, 0.29) is 0 Å². The Balaban J connectivity index is 3.70. The first-order valence-corrected chi connectivity index (χ1v) is 6.17. The monoisotopic (exact) mass is 323 g/mol. The topological polar surface area (TPSA) is 77.3 Å². The van der Waals surface area contributed by atoms with Crippen molar-refractivity contribution in [3.8, 4) is 0 Å². The van der Waals surface area contributed by atoms with Gasteiger partial charge in [0.2, 0.25) is 0 Å². The lowest BCUT2D eigenvalue weighted by Gasteiger charge is -2.09. The molecule has 0 N–H and O–H groups in total. The molecule has 18 heavy (non-hydrogen) atoms. The van der Waals surface area contributed by atoms with Crippen molar-refractivity contribution in [1.29, 1.82) is 0 Å². The largest absolute Gasteiger partial charge is 0.502 e. The second kappa shape index (κ2) is 4.56. The van der Waals surface area contributed by atoms with Crippen LogP contribution in [0.1, 0.15) is 0 Å². The summed E-state index contributed by atoms with van der Waals surface area (Å²) in [6, 6.07) is 0.743. The van der Waals surface area contributed by atoms with Crippen LogP contribution in [0, 0.1) is 10.1 Å². The second-order valence-electron chi connectivity index (χ2n) is 2.94. The van der Waals surface area contributed by atoms with E-state index in [1.807, 2.05) is 0 Å². The average molecular weight is 324 g/mol. The maximum absolute atomic E-state index is 12.3. The number of nitrogens with zero attached hydrogens (tertiary/aromatic N) is 1. The van der Waals surface area contributed by atoms with Crippen LogP contribution in [-0.2, 0) is 9.84 Å². The van der Waals surface area contributed by atoms with E-state index in [4.69, 9.17) is 23.2 Å². The molecule has 11 heteroatoms. The van der Waals surface area contributed by atoms with E-state index in [0.717, 1.165) is 0 Å². The third kappa shape index (κ3) is 2.52. The van der Waals surface area contributed by atoms with E-state index >= 15 is 0 Å². The number of halogens is 5. The fourth-order valence-corrected chi connectivity index (χ4v) is 2.32. The number of alkyl halides is 3. The summed E-state index contributed by atoms with van der Waals surface area (Å²) < 4.78 is 59.1.